The summed E-state index contributed by atoms with van der Waals surface area (Å²) in [6.07, 6.45) is 4.73. The van der Waals surface area contributed by atoms with Crippen LogP contribution in [-0.4, -0.2) is 25.2 Å². The molecule has 0 spiro atoms. The van der Waals surface area contributed by atoms with Gasteiger partial charge in [0.2, 0.25) is 0 Å². The van der Waals surface area contributed by atoms with E-state index in [0.717, 1.165) is 25.9 Å². The molecular weight excluding hydrogens is 202 g/mol. The lowest BCUT2D eigenvalue weighted by molar-refractivity contribution is -0.155. The van der Waals surface area contributed by atoms with E-state index in [1.807, 2.05) is 13.8 Å². The van der Waals surface area contributed by atoms with E-state index >= 15 is 0 Å². The molecule has 16 heavy (non-hydrogen) atoms. The highest BCUT2D eigenvalue weighted by atomic mass is 16.5. The third-order valence-electron chi connectivity index (χ3n) is 3.27. The van der Waals surface area contributed by atoms with Crippen molar-refractivity contribution in [2.45, 2.75) is 52.6 Å². The first kappa shape index (κ1) is 13.5. The first-order valence-corrected chi connectivity index (χ1v) is 6.54. The number of esters is 1. The Balaban J connectivity index is 2.26. The summed E-state index contributed by atoms with van der Waals surface area (Å²) in [4.78, 5) is 11.8. The van der Waals surface area contributed by atoms with Gasteiger partial charge in [-0.05, 0) is 31.7 Å². The molecule has 1 fully saturated rings. The SMILES string of the molecule is CCNCC(C)C(=O)OC1CCCC(C)C1. The molecule has 0 amide bonds. The van der Waals surface area contributed by atoms with E-state index < -0.39 is 0 Å². The van der Waals surface area contributed by atoms with Gasteiger partial charge in [0.25, 0.3) is 0 Å². The number of ether oxygens (including phenoxy) is 1. The summed E-state index contributed by atoms with van der Waals surface area (Å²) < 4.78 is 5.54. The fraction of sp³-hybridized carbons (Fsp3) is 0.923. The second-order valence-corrected chi connectivity index (χ2v) is 5.04. The van der Waals surface area contributed by atoms with Gasteiger partial charge in [0, 0.05) is 6.54 Å². The molecule has 1 aliphatic rings. The van der Waals surface area contributed by atoms with Crippen LogP contribution in [0.15, 0.2) is 0 Å². The summed E-state index contributed by atoms with van der Waals surface area (Å²) in [5.41, 5.74) is 0. The van der Waals surface area contributed by atoms with Crippen LogP contribution in [0.2, 0.25) is 0 Å². The molecule has 1 rings (SSSR count). The summed E-state index contributed by atoms with van der Waals surface area (Å²) >= 11 is 0. The number of hydrogen-bond acceptors (Lipinski definition) is 3. The van der Waals surface area contributed by atoms with Crippen molar-refractivity contribution in [2.75, 3.05) is 13.1 Å². The van der Waals surface area contributed by atoms with Crippen LogP contribution in [-0.2, 0) is 9.53 Å². The van der Waals surface area contributed by atoms with Gasteiger partial charge in [-0.2, -0.15) is 0 Å². The molecule has 1 aliphatic carbocycles. The Bertz CT molecular complexity index is 218. The van der Waals surface area contributed by atoms with Crippen molar-refractivity contribution in [3.63, 3.8) is 0 Å². The Hall–Kier alpha value is -0.570. The van der Waals surface area contributed by atoms with Crippen molar-refractivity contribution in [3.05, 3.63) is 0 Å². The second kappa shape index (κ2) is 6.89. The van der Waals surface area contributed by atoms with Crippen LogP contribution in [0.4, 0.5) is 0 Å². The van der Waals surface area contributed by atoms with Gasteiger partial charge in [0.1, 0.15) is 6.10 Å². The fourth-order valence-electron chi connectivity index (χ4n) is 2.21. The van der Waals surface area contributed by atoms with Gasteiger partial charge in [0.05, 0.1) is 5.92 Å². The molecule has 1 N–H and O–H groups in total. The minimum absolute atomic E-state index is 0.0304. The molecular formula is C13H25NO2. The van der Waals surface area contributed by atoms with Gasteiger partial charge < -0.3 is 10.1 Å². The highest BCUT2D eigenvalue weighted by Gasteiger charge is 2.24. The van der Waals surface area contributed by atoms with Gasteiger partial charge >= 0.3 is 5.97 Å². The molecule has 0 heterocycles. The molecule has 94 valence electrons. The molecule has 3 heteroatoms. The van der Waals surface area contributed by atoms with Crippen LogP contribution < -0.4 is 5.32 Å². The monoisotopic (exact) mass is 227 g/mol. The highest BCUT2D eigenvalue weighted by Crippen LogP contribution is 2.26. The largest absolute Gasteiger partial charge is 0.462 e. The Labute approximate surface area is 98.9 Å². The Morgan fingerprint density at radius 3 is 2.88 bits per heavy atom. The van der Waals surface area contributed by atoms with Gasteiger partial charge in [-0.25, -0.2) is 0 Å². The zero-order valence-electron chi connectivity index (χ0n) is 10.8. The van der Waals surface area contributed by atoms with Crippen LogP contribution >= 0.6 is 0 Å². The van der Waals surface area contributed by atoms with E-state index in [4.69, 9.17) is 4.74 Å². The molecule has 3 nitrogen and oxygen atoms in total. The lowest BCUT2D eigenvalue weighted by Crippen LogP contribution is -2.32. The average Bonchev–Trinajstić information content (AvgIpc) is 2.25. The maximum atomic E-state index is 11.8. The van der Waals surface area contributed by atoms with Crippen molar-refractivity contribution in [1.82, 2.24) is 5.32 Å². The minimum Gasteiger partial charge on any atom is -0.462 e. The smallest absolute Gasteiger partial charge is 0.310 e. The van der Waals surface area contributed by atoms with Crippen molar-refractivity contribution in [1.29, 1.82) is 0 Å². The summed E-state index contributed by atoms with van der Waals surface area (Å²) in [6, 6.07) is 0. The van der Waals surface area contributed by atoms with Crippen molar-refractivity contribution in [2.24, 2.45) is 11.8 Å². The number of carbonyl (C=O) groups is 1. The third kappa shape index (κ3) is 4.52. The standard InChI is InChI=1S/C13H25NO2/c1-4-14-9-11(3)13(15)16-12-7-5-6-10(2)8-12/h10-12,14H,4-9H2,1-3H3. The van der Waals surface area contributed by atoms with Crippen LogP contribution in [0.25, 0.3) is 0 Å². The molecule has 3 unspecified atom stereocenters. The molecule has 0 aromatic carbocycles. The maximum absolute atomic E-state index is 11.8. The van der Waals surface area contributed by atoms with Crippen molar-refractivity contribution in [3.8, 4) is 0 Å². The summed E-state index contributed by atoms with van der Waals surface area (Å²) in [5.74, 6) is 0.632. The molecule has 1 saturated carbocycles. The summed E-state index contributed by atoms with van der Waals surface area (Å²) in [6.45, 7) is 7.83. The predicted molar refractivity (Wildman–Crippen MR) is 65.2 cm³/mol. The van der Waals surface area contributed by atoms with E-state index in [1.54, 1.807) is 0 Å². The first-order chi connectivity index (χ1) is 7.63. The zero-order valence-corrected chi connectivity index (χ0v) is 10.8. The number of carbonyl (C=O) groups excluding carboxylic acids is 1. The quantitative estimate of drug-likeness (QED) is 0.733. The highest BCUT2D eigenvalue weighted by molar-refractivity contribution is 5.72. The Morgan fingerprint density at radius 1 is 1.50 bits per heavy atom. The predicted octanol–water partition coefficient (Wildman–Crippen LogP) is 2.35. The van der Waals surface area contributed by atoms with Crippen LogP contribution in [0.5, 0.6) is 0 Å². The van der Waals surface area contributed by atoms with E-state index in [-0.39, 0.29) is 18.0 Å². The van der Waals surface area contributed by atoms with Gasteiger partial charge in [0.15, 0.2) is 0 Å². The Kier molecular flexibility index (Phi) is 5.81. The number of nitrogens with one attached hydrogen (secondary N) is 1. The third-order valence-corrected chi connectivity index (χ3v) is 3.27. The molecule has 0 aliphatic heterocycles. The number of rotatable bonds is 5. The van der Waals surface area contributed by atoms with E-state index in [2.05, 4.69) is 12.2 Å². The van der Waals surface area contributed by atoms with E-state index in [1.165, 1.54) is 12.8 Å². The normalized spacial score (nSPS) is 27.4. The van der Waals surface area contributed by atoms with E-state index in [0.29, 0.717) is 5.92 Å². The van der Waals surface area contributed by atoms with Gasteiger partial charge in [-0.3, -0.25) is 4.79 Å². The van der Waals surface area contributed by atoms with Crippen LogP contribution in [0, 0.1) is 11.8 Å². The van der Waals surface area contributed by atoms with Crippen LogP contribution in [0.1, 0.15) is 46.5 Å². The maximum Gasteiger partial charge on any atom is 0.310 e. The second-order valence-electron chi connectivity index (χ2n) is 5.04. The summed E-state index contributed by atoms with van der Waals surface area (Å²) in [7, 11) is 0. The Morgan fingerprint density at radius 2 is 2.25 bits per heavy atom. The minimum atomic E-state index is -0.0416. The lowest BCUT2D eigenvalue weighted by atomic mass is 9.88. The fourth-order valence-corrected chi connectivity index (χ4v) is 2.21. The summed E-state index contributed by atoms with van der Waals surface area (Å²) in [5, 5.41) is 3.17. The van der Waals surface area contributed by atoms with Crippen LogP contribution in [0.3, 0.4) is 0 Å². The van der Waals surface area contributed by atoms with Gasteiger partial charge in [-0.15, -0.1) is 0 Å². The molecule has 0 radical (unpaired) electrons. The van der Waals surface area contributed by atoms with Crippen molar-refractivity contribution >= 4 is 5.97 Å². The molecule has 0 bridgehead atoms. The lowest BCUT2D eigenvalue weighted by Gasteiger charge is -2.27. The zero-order chi connectivity index (χ0) is 12.0. The average molecular weight is 227 g/mol. The first-order valence-electron chi connectivity index (χ1n) is 6.54. The molecule has 3 atom stereocenters. The molecule has 0 aromatic heterocycles. The van der Waals surface area contributed by atoms with Crippen molar-refractivity contribution < 1.29 is 9.53 Å². The molecule has 0 aromatic rings. The number of hydrogen-bond donors (Lipinski definition) is 1. The topological polar surface area (TPSA) is 38.3 Å². The van der Waals surface area contributed by atoms with Gasteiger partial charge in [-0.1, -0.05) is 27.2 Å². The molecule has 0 saturated heterocycles. The van der Waals surface area contributed by atoms with E-state index in [9.17, 15) is 4.79 Å².